The number of hydrogen-bond donors (Lipinski definition) is 1. The van der Waals surface area contributed by atoms with Crippen LogP contribution in [0.4, 0.5) is 0 Å². The molecule has 0 aromatic carbocycles. The summed E-state index contributed by atoms with van der Waals surface area (Å²) in [4.78, 5) is 2.45. The highest BCUT2D eigenvalue weighted by Crippen LogP contribution is 2.05. The first kappa shape index (κ1) is 9.96. The zero-order valence-electron chi connectivity index (χ0n) is 7.96. The predicted octanol–water partition coefficient (Wildman–Crippen LogP) is 0.446. The van der Waals surface area contributed by atoms with E-state index in [1.54, 1.807) is 0 Å². The van der Waals surface area contributed by atoms with Crippen LogP contribution >= 0.6 is 0 Å². The molecule has 0 amide bonds. The topological polar surface area (TPSA) is 38.5 Å². The minimum absolute atomic E-state index is 0.394. The molecule has 1 heterocycles. The Hall–Kier alpha value is -0.120. The molecule has 1 aliphatic rings. The molecule has 0 unspecified atom stereocenters. The number of nitrogens with two attached hydrogens (primary N) is 1. The van der Waals surface area contributed by atoms with Crippen LogP contribution in [0.5, 0.6) is 0 Å². The summed E-state index contributed by atoms with van der Waals surface area (Å²) in [7, 11) is 0. The Balaban J connectivity index is 2.21. The Bertz CT molecular complexity index is 119. The monoisotopic (exact) mass is 172 g/mol. The molecule has 0 aromatic rings. The molecule has 1 atom stereocenters. The fraction of sp³-hybridized carbons (Fsp3) is 1.00. The maximum atomic E-state index is 5.54. The van der Waals surface area contributed by atoms with Crippen molar-refractivity contribution in [3.05, 3.63) is 0 Å². The third kappa shape index (κ3) is 3.52. The Morgan fingerprint density at radius 2 is 2.42 bits per heavy atom. The number of hydrogen-bond acceptors (Lipinski definition) is 3. The molecule has 0 bridgehead atoms. The average molecular weight is 172 g/mol. The van der Waals surface area contributed by atoms with E-state index in [0.29, 0.717) is 6.10 Å². The van der Waals surface area contributed by atoms with E-state index in [4.69, 9.17) is 10.5 Å². The zero-order valence-corrected chi connectivity index (χ0v) is 7.96. The highest BCUT2D eigenvalue weighted by atomic mass is 16.5. The van der Waals surface area contributed by atoms with Gasteiger partial charge in [0.05, 0.1) is 6.10 Å². The fourth-order valence-electron chi connectivity index (χ4n) is 1.60. The molecule has 1 rings (SSSR count). The van der Waals surface area contributed by atoms with Gasteiger partial charge in [-0.2, -0.15) is 0 Å². The van der Waals surface area contributed by atoms with Crippen LogP contribution in [0, 0.1) is 0 Å². The standard InChI is InChI=1S/C9H20N2O/c1-9-8-11(5-2-4-10)6-3-7-12-9/h9H,2-8,10H2,1H3/t9-/m1/s1. The van der Waals surface area contributed by atoms with E-state index < -0.39 is 0 Å². The first-order chi connectivity index (χ1) is 5.83. The van der Waals surface area contributed by atoms with Crippen molar-refractivity contribution in [3.8, 4) is 0 Å². The zero-order chi connectivity index (χ0) is 8.81. The Labute approximate surface area is 74.9 Å². The van der Waals surface area contributed by atoms with Gasteiger partial charge in [-0.15, -0.1) is 0 Å². The van der Waals surface area contributed by atoms with E-state index in [2.05, 4.69) is 11.8 Å². The van der Waals surface area contributed by atoms with E-state index in [-0.39, 0.29) is 0 Å². The van der Waals surface area contributed by atoms with E-state index in [9.17, 15) is 0 Å². The molecule has 1 fully saturated rings. The fourth-order valence-corrected chi connectivity index (χ4v) is 1.60. The second kappa shape index (κ2) is 5.51. The quantitative estimate of drug-likeness (QED) is 0.671. The van der Waals surface area contributed by atoms with Gasteiger partial charge in [0.1, 0.15) is 0 Å². The summed E-state index contributed by atoms with van der Waals surface area (Å²) in [6.07, 6.45) is 2.66. The van der Waals surface area contributed by atoms with Crippen LogP contribution in [0.3, 0.4) is 0 Å². The summed E-state index contributed by atoms with van der Waals surface area (Å²) in [5.41, 5.74) is 5.46. The van der Waals surface area contributed by atoms with Crippen molar-refractivity contribution in [1.82, 2.24) is 4.90 Å². The lowest BCUT2D eigenvalue weighted by molar-refractivity contribution is 0.0677. The minimum Gasteiger partial charge on any atom is -0.377 e. The van der Waals surface area contributed by atoms with Crippen molar-refractivity contribution in [2.75, 3.05) is 32.8 Å². The molecular formula is C9H20N2O. The second-order valence-electron chi connectivity index (χ2n) is 3.48. The lowest BCUT2D eigenvalue weighted by atomic mass is 10.3. The lowest BCUT2D eigenvalue weighted by Crippen LogP contribution is -2.32. The van der Waals surface area contributed by atoms with E-state index in [1.165, 1.54) is 6.54 Å². The van der Waals surface area contributed by atoms with Crippen LogP contribution in [0.15, 0.2) is 0 Å². The Morgan fingerprint density at radius 1 is 1.58 bits per heavy atom. The van der Waals surface area contributed by atoms with Crippen LogP contribution in [0.25, 0.3) is 0 Å². The molecule has 1 aliphatic heterocycles. The maximum Gasteiger partial charge on any atom is 0.0673 e. The minimum atomic E-state index is 0.394. The first-order valence-electron chi connectivity index (χ1n) is 4.87. The molecule has 3 heteroatoms. The van der Waals surface area contributed by atoms with Crippen molar-refractivity contribution in [2.24, 2.45) is 5.73 Å². The van der Waals surface area contributed by atoms with Crippen LogP contribution in [-0.4, -0.2) is 43.8 Å². The summed E-state index contributed by atoms with van der Waals surface area (Å²) in [6.45, 7) is 7.22. The second-order valence-corrected chi connectivity index (χ2v) is 3.48. The molecule has 1 saturated heterocycles. The van der Waals surface area contributed by atoms with Crippen LogP contribution in [0.1, 0.15) is 19.8 Å². The third-order valence-electron chi connectivity index (χ3n) is 2.21. The van der Waals surface area contributed by atoms with Crippen molar-refractivity contribution in [1.29, 1.82) is 0 Å². The van der Waals surface area contributed by atoms with Crippen molar-refractivity contribution in [2.45, 2.75) is 25.9 Å². The third-order valence-corrected chi connectivity index (χ3v) is 2.21. The molecule has 12 heavy (non-hydrogen) atoms. The lowest BCUT2D eigenvalue weighted by Gasteiger charge is -2.20. The molecule has 0 aliphatic carbocycles. The average Bonchev–Trinajstić information content (AvgIpc) is 2.26. The predicted molar refractivity (Wildman–Crippen MR) is 50.1 cm³/mol. The van der Waals surface area contributed by atoms with Gasteiger partial charge in [0.15, 0.2) is 0 Å². The van der Waals surface area contributed by atoms with E-state index in [1.807, 2.05) is 0 Å². The summed E-state index contributed by atoms with van der Waals surface area (Å²) < 4.78 is 5.54. The van der Waals surface area contributed by atoms with Gasteiger partial charge in [-0.1, -0.05) is 0 Å². The van der Waals surface area contributed by atoms with E-state index >= 15 is 0 Å². The Morgan fingerprint density at radius 3 is 3.17 bits per heavy atom. The van der Waals surface area contributed by atoms with Gasteiger partial charge in [-0.3, -0.25) is 0 Å². The Kier molecular flexibility index (Phi) is 4.58. The molecule has 3 nitrogen and oxygen atoms in total. The van der Waals surface area contributed by atoms with Gasteiger partial charge < -0.3 is 15.4 Å². The van der Waals surface area contributed by atoms with Gasteiger partial charge in [-0.05, 0) is 32.9 Å². The molecule has 0 radical (unpaired) electrons. The number of ether oxygens (including phenoxy) is 1. The van der Waals surface area contributed by atoms with Gasteiger partial charge in [0.25, 0.3) is 0 Å². The van der Waals surface area contributed by atoms with E-state index in [0.717, 1.165) is 39.1 Å². The van der Waals surface area contributed by atoms with Gasteiger partial charge in [0, 0.05) is 19.7 Å². The molecule has 0 spiro atoms. The molecule has 2 N–H and O–H groups in total. The van der Waals surface area contributed by atoms with Crippen molar-refractivity contribution < 1.29 is 4.74 Å². The van der Waals surface area contributed by atoms with Crippen molar-refractivity contribution >= 4 is 0 Å². The SMILES string of the molecule is C[C@@H]1CN(CCCN)CCCO1. The summed E-state index contributed by atoms with van der Waals surface area (Å²) in [5.74, 6) is 0. The molecule has 0 saturated carbocycles. The van der Waals surface area contributed by atoms with Crippen LogP contribution < -0.4 is 5.73 Å². The van der Waals surface area contributed by atoms with Crippen LogP contribution in [0.2, 0.25) is 0 Å². The largest absolute Gasteiger partial charge is 0.377 e. The number of rotatable bonds is 3. The molecular weight excluding hydrogens is 152 g/mol. The highest BCUT2D eigenvalue weighted by Gasteiger charge is 2.13. The summed E-state index contributed by atoms with van der Waals surface area (Å²) in [5, 5.41) is 0. The maximum absolute atomic E-state index is 5.54. The summed E-state index contributed by atoms with van der Waals surface area (Å²) in [6, 6.07) is 0. The van der Waals surface area contributed by atoms with Crippen molar-refractivity contribution in [3.63, 3.8) is 0 Å². The van der Waals surface area contributed by atoms with Crippen LogP contribution in [-0.2, 0) is 4.74 Å². The highest BCUT2D eigenvalue weighted by molar-refractivity contribution is 4.66. The molecule has 0 aromatic heterocycles. The smallest absolute Gasteiger partial charge is 0.0673 e. The number of nitrogens with zero attached hydrogens (tertiary/aromatic N) is 1. The first-order valence-corrected chi connectivity index (χ1v) is 4.87. The van der Waals surface area contributed by atoms with Gasteiger partial charge >= 0.3 is 0 Å². The molecule has 72 valence electrons. The normalized spacial score (nSPS) is 27.0. The summed E-state index contributed by atoms with van der Waals surface area (Å²) >= 11 is 0. The van der Waals surface area contributed by atoms with Gasteiger partial charge in [0.2, 0.25) is 0 Å². The van der Waals surface area contributed by atoms with Gasteiger partial charge in [-0.25, -0.2) is 0 Å².